The van der Waals surface area contributed by atoms with Crippen molar-refractivity contribution in [3.05, 3.63) is 71.8 Å². The number of unbranched alkanes of at least 4 members (excludes halogenated alkanes) is 3. The Morgan fingerprint density at radius 1 is 0.676 bits per heavy atom. The third-order valence-corrected chi connectivity index (χ3v) is 17.6. The summed E-state index contributed by atoms with van der Waals surface area (Å²) in [6.07, 6.45) is 4.84. The van der Waals surface area contributed by atoms with E-state index in [1.54, 1.807) is 28.4 Å². The molecule has 1 unspecified atom stereocenters. The molecule has 0 spiro atoms. The summed E-state index contributed by atoms with van der Waals surface area (Å²) in [6, 6.07) is 16.9. The summed E-state index contributed by atoms with van der Waals surface area (Å²) in [5.74, 6) is 1.20. The van der Waals surface area contributed by atoms with Crippen LogP contribution < -0.4 is 31.9 Å². The first-order chi connectivity index (χ1) is 33.9. The van der Waals surface area contributed by atoms with E-state index in [4.69, 9.17) is 38.6 Å². The third kappa shape index (κ3) is 15.0. The van der Waals surface area contributed by atoms with Gasteiger partial charge < -0.3 is 51.0 Å². The number of nitrogens with one attached hydrogen (secondary N) is 6. The monoisotopic (exact) mass is 1050 g/mol. The largest absolute Gasteiger partial charge is 0.425 e. The number of likely N-dealkylation sites (N-methyl/N-ethyl adjacent to an activating group) is 2. The number of alkyl carbamates (subject to hydrolysis) is 1. The molecule has 4 aliphatic heterocycles. The summed E-state index contributed by atoms with van der Waals surface area (Å²) in [4.78, 5) is 61.2. The van der Waals surface area contributed by atoms with Gasteiger partial charge in [-0.2, -0.15) is 0 Å². The topological polar surface area (TPSA) is 175 Å². The Balaban J connectivity index is 0.961. The van der Waals surface area contributed by atoms with Gasteiger partial charge in [0.1, 0.15) is 18.1 Å². The Hall–Kier alpha value is -3.56. The van der Waals surface area contributed by atoms with Crippen LogP contribution in [-0.4, -0.2) is 143 Å². The van der Waals surface area contributed by atoms with Gasteiger partial charge in [0.2, 0.25) is 17.7 Å². The summed E-state index contributed by atoms with van der Waals surface area (Å²) >= 11 is 14.7. The first-order valence-electron chi connectivity index (χ1n) is 25.3. The normalized spacial score (nSPS) is 25.4. The van der Waals surface area contributed by atoms with Crippen molar-refractivity contribution in [2.45, 2.75) is 152 Å². The van der Waals surface area contributed by atoms with Gasteiger partial charge in [0.25, 0.3) is 0 Å². The van der Waals surface area contributed by atoms with Crippen LogP contribution in [0, 0.1) is 10.8 Å². The lowest BCUT2D eigenvalue weighted by Gasteiger charge is -2.35. The summed E-state index contributed by atoms with van der Waals surface area (Å²) in [6.45, 7) is 13.7. The fourth-order valence-electron chi connectivity index (χ4n) is 9.76. The van der Waals surface area contributed by atoms with Crippen molar-refractivity contribution in [1.82, 2.24) is 41.7 Å². The predicted octanol–water partition coefficient (Wildman–Crippen LogP) is 6.83. The van der Waals surface area contributed by atoms with Crippen LogP contribution >= 0.6 is 48.0 Å². The molecular formula is C52H78N8O7S4. The minimum atomic E-state index is -0.758. The molecule has 0 aliphatic carbocycles. The quantitative estimate of drug-likeness (QED) is 0.0505. The Bertz CT molecular complexity index is 2110. The number of nitrogens with zero attached hydrogens (tertiary/aromatic N) is 2. The van der Waals surface area contributed by atoms with Gasteiger partial charge in [-0.3, -0.25) is 19.3 Å². The van der Waals surface area contributed by atoms with Gasteiger partial charge in [-0.1, -0.05) is 126 Å². The summed E-state index contributed by atoms with van der Waals surface area (Å²) in [7, 11) is 3.67. The van der Waals surface area contributed by atoms with E-state index in [0.717, 1.165) is 54.7 Å². The Morgan fingerprint density at radius 2 is 1.13 bits per heavy atom. The van der Waals surface area contributed by atoms with E-state index in [-0.39, 0.29) is 47.2 Å². The number of ether oxygens (including phenoxy) is 3. The zero-order chi connectivity index (χ0) is 51.3. The van der Waals surface area contributed by atoms with Crippen LogP contribution in [0.5, 0.6) is 0 Å². The van der Waals surface area contributed by atoms with Gasteiger partial charge in [-0.25, -0.2) is 4.79 Å². The van der Waals surface area contributed by atoms with Gasteiger partial charge in [0.15, 0.2) is 6.23 Å². The van der Waals surface area contributed by atoms with Crippen LogP contribution in [0.15, 0.2) is 60.7 Å². The SMILES string of the molecule is CN[C@@H](C)C(=S)N[C@H]1CCS[C@H]2CC(C)(C)C(OC(=O)N[C@H](COCCCCCCOC[C@@H](NC(=O)[C@H]3N4C(=O)[C@@H](NC(=S)[C@H](C)NC)CCS[C@H]4CC3(C)C)c3ccccc3)c3ccccc3)N2C1=O. The zero-order valence-electron chi connectivity index (χ0n) is 42.8. The van der Waals surface area contributed by atoms with E-state index in [1.807, 2.05) is 107 Å². The number of carbonyl (C=O) groups is 4. The number of thioether (sulfide) groups is 2. The number of carbonyl (C=O) groups excluding carboxylic acids is 4. The van der Waals surface area contributed by atoms with Gasteiger partial charge >= 0.3 is 6.09 Å². The molecule has 10 atom stereocenters. The van der Waals surface area contributed by atoms with Crippen molar-refractivity contribution in [3.8, 4) is 0 Å². The van der Waals surface area contributed by atoms with E-state index < -0.39 is 53.4 Å². The fourth-order valence-corrected chi connectivity index (χ4v) is 13.4. The fraction of sp³-hybridized carbons (Fsp3) is 0.654. The number of thiocarbonyl (C=S) groups is 2. The standard InChI is InChI=1S/C52H78N8O7S4/c1-33(53-7)45(68)56-37-23-27-70-41-29-51(3,4)43(59(41)47(37)62)44(61)55-39(35-19-13-11-14-20-35)31-65-25-17-9-10-18-26-66-32-40(36-21-15-12-16-22-36)58-50(64)67-49-52(5,6)30-42-60(49)48(63)38(24-28-71-42)57-46(69)34(2)54-8/h11-16,19-22,33-34,37-43,49,53-54H,9-10,17-18,23-32H2,1-8H3,(H,55,61)(H,56,68)(H,57,69)(H,58,64)/t33-,34-,37-,38-,39+,40+,41-,42-,43+,49?/m0/s1. The third-order valence-electron chi connectivity index (χ3n) is 14.2. The van der Waals surface area contributed by atoms with Crippen molar-refractivity contribution < 1.29 is 33.4 Å². The molecule has 4 saturated heterocycles. The second-order valence-corrected chi connectivity index (χ2v) is 24.0. The molecule has 2 aromatic rings. The van der Waals surface area contributed by atoms with Crippen LogP contribution in [0.1, 0.15) is 116 Å². The van der Waals surface area contributed by atoms with Crippen molar-refractivity contribution in [2.75, 3.05) is 52.0 Å². The molecule has 392 valence electrons. The van der Waals surface area contributed by atoms with Crippen molar-refractivity contribution in [3.63, 3.8) is 0 Å². The van der Waals surface area contributed by atoms with Crippen LogP contribution in [0.4, 0.5) is 4.79 Å². The van der Waals surface area contributed by atoms with Crippen LogP contribution in [0.2, 0.25) is 0 Å². The molecule has 2 aromatic carbocycles. The highest BCUT2D eigenvalue weighted by Crippen LogP contribution is 2.48. The Labute approximate surface area is 441 Å². The number of hydrogen-bond acceptors (Lipinski definition) is 13. The van der Waals surface area contributed by atoms with Crippen molar-refractivity contribution in [2.24, 2.45) is 10.8 Å². The summed E-state index contributed by atoms with van der Waals surface area (Å²) < 4.78 is 18.6. The van der Waals surface area contributed by atoms with Gasteiger partial charge in [-0.15, -0.1) is 23.5 Å². The van der Waals surface area contributed by atoms with Gasteiger partial charge in [0.05, 0.1) is 58.1 Å². The molecule has 4 aliphatic rings. The van der Waals surface area contributed by atoms with Gasteiger partial charge in [0, 0.05) is 18.6 Å². The Morgan fingerprint density at radius 3 is 1.62 bits per heavy atom. The van der Waals surface area contributed by atoms with Crippen molar-refractivity contribution in [1.29, 1.82) is 0 Å². The molecule has 4 heterocycles. The maximum Gasteiger partial charge on any atom is 0.409 e. The van der Waals surface area contributed by atoms with Crippen molar-refractivity contribution >= 4 is 81.8 Å². The molecule has 6 N–H and O–H groups in total. The number of benzene rings is 2. The van der Waals surface area contributed by atoms with E-state index in [1.165, 1.54) is 0 Å². The maximum atomic E-state index is 14.4. The predicted molar refractivity (Wildman–Crippen MR) is 292 cm³/mol. The van der Waals surface area contributed by atoms with Crippen LogP contribution in [0.3, 0.4) is 0 Å². The molecule has 6 rings (SSSR count). The lowest BCUT2D eigenvalue weighted by molar-refractivity contribution is -0.144. The highest BCUT2D eigenvalue weighted by Gasteiger charge is 2.55. The lowest BCUT2D eigenvalue weighted by Crippen LogP contribution is -2.58. The molecule has 0 aromatic heterocycles. The Kier molecular flexibility index (Phi) is 21.2. The first kappa shape index (κ1) is 56.7. The molecule has 0 radical (unpaired) electrons. The molecule has 4 fully saturated rings. The number of rotatable bonds is 23. The van der Waals surface area contributed by atoms with E-state index >= 15 is 0 Å². The van der Waals surface area contributed by atoms with E-state index in [2.05, 4.69) is 45.7 Å². The highest BCUT2D eigenvalue weighted by molar-refractivity contribution is 8.00. The lowest BCUT2D eigenvalue weighted by atomic mass is 9.83. The smallest absolute Gasteiger partial charge is 0.409 e. The minimum Gasteiger partial charge on any atom is -0.425 e. The van der Waals surface area contributed by atoms with E-state index in [9.17, 15) is 19.2 Å². The first-order valence-corrected chi connectivity index (χ1v) is 28.2. The molecule has 0 bridgehead atoms. The molecule has 4 amide bonds. The second-order valence-electron chi connectivity index (χ2n) is 20.6. The molecule has 71 heavy (non-hydrogen) atoms. The minimum absolute atomic E-state index is 0.0813. The molecular weight excluding hydrogens is 977 g/mol. The summed E-state index contributed by atoms with van der Waals surface area (Å²) in [5, 5.41) is 19.0. The zero-order valence-corrected chi connectivity index (χ0v) is 46.1. The summed E-state index contributed by atoms with van der Waals surface area (Å²) in [5.41, 5.74) is 0.919. The average molecular weight is 1060 g/mol. The molecule has 19 heteroatoms. The highest BCUT2D eigenvalue weighted by atomic mass is 32.2. The van der Waals surface area contributed by atoms with Crippen LogP contribution in [-0.2, 0) is 28.6 Å². The van der Waals surface area contributed by atoms with E-state index in [0.29, 0.717) is 49.1 Å². The van der Waals surface area contributed by atoms with Gasteiger partial charge in [-0.05, 0) is 94.5 Å². The molecule has 0 saturated carbocycles. The number of hydrogen-bond donors (Lipinski definition) is 6. The second kappa shape index (κ2) is 26.6. The maximum absolute atomic E-state index is 14.4. The number of amides is 4. The number of fused-ring (bicyclic) bond motifs is 2. The average Bonchev–Trinajstić information content (AvgIpc) is 3.64. The van der Waals surface area contributed by atoms with Crippen LogP contribution in [0.25, 0.3) is 0 Å². The molecule has 15 nitrogen and oxygen atoms in total.